The largest absolute Gasteiger partial charge is 0.0775 e. The Bertz CT molecular complexity index is 2950. The van der Waals surface area contributed by atoms with Gasteiger partial charge in [-0.15, -0.1) is 0 Å². The maximum atomic E-state index is 2.47. The average molecular weight is 803 g/mol. The molecule has 0 aromatic heterocycles. The summed E-state index contributed by atoms with van der Waals surface area (Å²) < 4.78 is 0. The van der Waals surface area contributed by atoms with Crippen LogP contribution in [-0.4, -0.2) is 16.1 Å². The van der Waals surface area contributed by atoms with Crippen molar-refractivity contribution in [3.05, 3.63) is 194 Å². The summed E-state index contributed by atoms with van der Waals surface area (Å²) in [5.41, 5.74) is 15.0. The van der Waals surface area contributed by atoms with Gasteiger partial charge in [-0.3, -0.25) is 0 Å². The minimum Gasteiger partial charge on any atom is -0.0656 e. The molecule has 10 rings (SSSR count). The Morgan fingerprint density at radius 2 is 0.533 bits per heavy atom. The summed E-state index contributed by atoms with van der Waals surface area (Å²) >= 11 is 0. The molecule has 0 radical (unpaired) electrons. The SMILES string of the molecule is C[Si](C)(C)c1ccc(-c2cc(-c3cccc(-c4ccccc4)c3)c3ccc4c(-c5ccc([Si](C)(C)C)cc5)cc(-c5cccc(-c6ccccc6)c5)c5ccc2c3c45)cc1. The number of rotatable bonds is 8. The molecule has 0 nitrogen and oxygen atoms in total. The Hall–Kier alpha value is -6.33. The second kappa shape index (κ2) is 14.7. The first-order valence-corrected chi connectivity index (χ1v) is 28.3. The smallest absolute Gasteiger partial charge is 0.0656 e. The summed E-state index contributed by atoms with van der Waals surface area (Å²) in [6.07, 6.45) is 0. The van der Waals surface area contributed by atoms with Gasteiger partial charge in [0, 0.05) is 0 Å². The third-order valence-electron chi connectivity index (χ3n) is 12.6. The van der Waals surface area contributed by atoms with E-state index in [1.165, 1.54) is 109 Å². The zero-order valence-corrected chi connectivity index (χ0v) is 37.5. The van der Waals surface area contributed by atoms with Crippen LogP contribution in [0.5, 0.6) is 0 Å². The van der Waals surface area contributed by atoms with Crippen LogP contribution in [0, 0.1) is 0 Å². The molecular formula is C58H50Si2. The molecule has 0 aliphatic carbocycles. The number of hydrogen-bond donors (Lipinski definition) is 0. The van der Waals surface area contributed by atoms with Crippen molar-refractivity contribution in [3.8, 4) is 66.8 Å². The lowest BCUT2D eigenvalue weighted by Gasteiger charge is -2.23. The molecule has 0 aliphatic rings. The van der Waals surface area contributed by atoms with Crippen LogP contribution >= 0.6 is 0 Å². The lowest BCUT2D eigenvalue weighted by molar-refractivity contribution is 1.59. The van der Waals surface area contributed by atoms with Gasteiger partial charge in [-0.1, -0.05) is 220 Å². The molecule has 0 aliphatic heterocycles. The molecule has 0 atom stereocenters. The van der Waals surface area contributed by atoms with E-state index in [0.717, 1.165) is 0 Å². The van der Waals surface area contributed by atoms with Crippen molar-refractivity contribution in [2.24, 2.45) is 0 Å². The Morgan fingerprint density at radius 3 is 0.867 bits per heavy atom. The predicted molar refractivity (Wildman–Crippen MR) is 269 cm³/mol. The average Bonchev–Trinajstić information content (AvgIpc) is 3.28. The maximum Gasteiger partial charge on any atom is 0.0775 e. The second-order valence-corrected chi connectivity index (χ2v) is 28.7. The highest BCUT2D eigenvalue weighted by Crippen LogP contribution is 2.49. The second-order valence-electron chi connectivity index (χ2n) is 18.6. The fraction of sp³-hybridized carbons (Fsp3) is 0.103. The summed E-state index contributed by atoms with van der Waals surface area (Å²) in [4.78, 5) is 0. The summed E-state index contributed by atoms with van der Waals surface area (Å²) in [5.74, 6) is 0. The number of hydrogen-bond acceptors (Lipinski definition) is 0. The lowest BCUT2D eigenvalue weighted by atomic mass is 9.81. The summed E-state index contributed by atoms with van der Waals surface area (Å²) in [5, 5.41) is 10.8. The van der Waals surface area contributed by atoms with Gasteiger partial charge in [-0.25, -0.2) is 0 Å². The minimum absolute atomic E-state index is 1.23. The van der Waals surface area contributed by atoms with Crippen molar-refractivity contribution in [1.29, 1.82) is 0 Å². The molecule has 2 heteroatoms. The van der Waals surface area contributed by atoms with Gasteiger partial charge < -0.3 is 0 Å². The van der Waals surface area contributed by atoms with Gasteiger partial charge in [-0.2, -0.15) is 0 Å². The maximum absolute atomic E-state index is 2.47. The molecule has 0 bridgehead atoms. The van der Waals surface area contributed by atoms with Gasteiger partial charge in [0.1, 0.15) is 0 Å². The van der Waals surface area contributed by atoms with E-state index < -0.39 is 16.1 Å². The Morgan fingerprint density at radius 1 is 0.233 bits per heavy atom. The van der Waals surface area contributed by atoms with E-state index in [0.29, 0.717) is 0 Å². The van der Waals surface area contributed by atoms with Crippen LogP contribution in [0.15, 0.2) is 194 Å². The van der Waals surface area contributed by atoms with Crippen LogP contribution in [0.1, 0.15) is 0 Å². The van der Waals surface area contributed by atoms with Crippen LogP contribution in [0.25, 0.3) is 99.1 Å². The summed E-state index contributed by atoms with van der Waals surface area (Å²) in [6, 6.07) is 73.4. The highest BCUT2D eigenvalue weighted by atomic mass is 28.3. The predicted octanol–water partition coefficient (Wildman–Crippen LogP) is 15.7. The summed E-state index contributed by atoms with van der Waals surface area (Å²) in [7, 11) is -2.96. The molecule has 290 valence electrons. The van der Waals surface area contributed by atoms with Crippen molar-refractivity contribution in [1.82, 2.24) is 0 Å². The van der Waals surface area contributed by atoms with E-state index in [-0.39, 0.29) is 0 Å². The molecule has 0 unspecified atom stereocenters. The van der Waals surface area contributed by atoms with Gasteiger partial charge >= 0.3 is 0 Å². The molecule has 0 saturated carbocycles. The van der Waals surface area contributed by atoms with Crippen LogP contribution in [0.4, 0.5) is 0 Å². The van der Waals surface area contributed by atoms with E-state index in [4.69, 9.17) is 0 Å². The van der Waals surface area contributed by atoms with E-state index in [9.17, 15) is 0 Å². The van der Waals surface area contributed by atoms with E-state index >= 15 is 0 Å². The fourth-order valence-electron chi connectivity index (χ4n) is 9.24. The van der Waals surface area contributed by atoms with Gasteiger partial charge in [0.25, 0.3) is 0 Å². The molecule has 0 spiro atoms. The quantitative estimate of drug-likeness (QED) is 0.106. The standard InChI is InChI=1S/C58H50Si2/c1-59(2,3)47-27-23-41(24-28-47)53-37-55(45-21-13-19-43(35-45)39-15-9-7-10-16-39)51-34-32-50-54(42-25-29-48(30-26-42)60(4,5)6)38-56(52-33-31-49(53)57(51)58(50)52)46-22-14-20-44(36-46)40-17-11-8-12-18-40/h7-38H,1-6H3. The van der Waals surface area contributed by atoms with E-state index in [2.05, 4.69) is 233 Å². The fourth-order valence-corrected chi connectivity index (χ4v) is 11.6. The first-order chi connectivity index (χ1) is 29.0. The molecule has 0 fully saturated rings. The minimum atomic E-state index is -1.48. The number of benzene rings is 10. The molecular weight excluding hydrogens is 753 g/mol. The van der Waals surface area contributed by atoms with E-state index in [1.54, 1.807) is 0 Å². The third kappa shape index (κ3) is 6.80. The van der Waals surface area contributed by atoms with Gasteiger partial charge in [0.2, 0.25) is 0 Å². The van der Waals surface area contributed by atoms with Crippen LogP contribution in [0.2, 0.25) is 39.3 Å². The van der Waals surface area contributed by atoms with E-state index in [1.807, 2.05) is 0 Å². The zero-order valence-electron chi connectivity index (χ0n) is 35.5. The Labute approximate surface area is 357 Å². The highest BCUT2D eigenvalue weighted by molar-refractivity contribution is 6.89. The molecule has 0 amide bonds. The first-order valence-electron chi connectivity index (χ1n) is 21.3. The molecule has 10 aromatic rings. The monoisotopic (exact) mass is 802 g/mol. The summed E-state index contributed by atoms with van der Waals surface area (Å²) in [6.45, 7) is 14.6. The Kier molecular flexibility index (Phi) is 9.32. The molecule has 0 N–H and O–H groups in total. The van der Waals surface area contributed by atoms with Crippen molar-refractivity contribution in [2.45, 2.75) is 39.3 Å². The van der Waals surface area contributed by atoms with Crippen molar-refractivity contribution in [3.63, 3.8) is 0 Å². The van der Waals surface area contributed by atoms with Gasteiger partial charge in [-0.05, 0) is 123 Å². The molecule has 0 heterocycles. The Balaban J connectivity index is 1.31. The van der Waals surface area contributed by atoms with Crippen molar-refractivity contribution >= 4 is 58.8 Å². The van der Waals surface area contributed by atoms with Crippen molar-refractivity contribution < 1.29 is 0 Å². The lowest BCUT2D eigenvalue weighted by Crippen LogP contribution is -2.37. The third-order valence-corrected chi connectivity index (χ3v) is 16.7. The van der Waals surface area contributed by atoms with Crippen LogP contribution in [0.3, 0.4) is 0 Å². The van der Waals surface area contributed by atoms with Crippen molar-refractivity contribution in [2.75, 3.05) is 0 Å². The first kappa shape index (κ1) is 37.9. The zero-order chi connectivity index (χ0) is 41.2. The molecule has 10 aromatic carbocycles. The highest BCUT2D eigenvalue weighted by Gasteiger charge is 2.23. The van der Waals surface area contributed by atoms with Gasteiger partial charge in [0.05, 0.1) is 16.1 Å². The molecule has 0 saturated heterocycles. The normalized spacial score (nSPS) is 12.2. The van der Waals surface area contributed by atoms with Gasteiger partial charge in [0.15, 0.2) is 0 Å². The molecule has 60 heavy (non-hydrogen) atoms. The topological polar surface area (TPSA) is 0 Å². The van der Waals surface area contributed by atoms with Crippen LogP contribution < -0.4 is 10.4 Å². The van der Waals surface area contributed by atoms with Crippen LogP contribution in [-0.2, 0) is 0 Å².